The standard InChI is InChI=1S/C29H30F2N2O6S2/c1-20-17-33(21(2)19-34)41(37,38)29-15-8-23(5-4-22-6-9-24(30)10-7-22)16-27(29)39-28(20)18-32(3)40(35,36)26-13-11-25(31)12-14-26/h6-16,20-21,28,34H,17-19H2,1-3H3/t20-,21-,28-/m0/s1. The Balaban J connectivity index is 1.74. The van der Waals surface area contributed by atoms with Crippen LogP contribution in [0.15, 0.2) is 76.5 Å². The van der Waals surface area contributed by atoms with Crippen molar-refractivity contribution in [1.82, 2.24) is 8.61 Å². The number of halogens is 2. The third kappa shape index (κ3) is 6.77. The summed E-state index contributed by atoms with van der Waals surface area (Å²) < 4.78 is 88.9. The first kappa shape index (κ1) is 30.6. The molecule has 0 aliphatic carbocycles. The second-order valence-corrected chi connectivity index (χ2v) is 13.8. The Morgan fingerprint density at radius 1 is 1.02 bits per heavy atom. The molecule has 1 heterocycles. The van der Waals surface area contributed by atoms with Crippen molar-refractivity contribution < 1.29 is 35.5 Å². The predicted molar refractivity (Wildman–Crippen MR) is 149 cm³/mol. The van der Waals surface area contributed by atoms with E-state index >= 15 is 0 Å². The zero-order valence-electron chi connectivity index (χ0n) is 22.7. The maximum absolute atomic E-state index is 13.7. The molecule has 0 amide bonds. The molecule has 0 aromatic heterocycles. The summed E-state index contributed by atoms with van der Waals surface area (Å²) in [5.41, 5.74) is 0.970. The minimum Gasteiger partial charge on any atom is -0.487 e. The van der Waals surface area contributed by atoms with Crippen molar-refractivity contribution in [1.29, 1.82) is 0 Å². The van der Waals surface area contributed by atoms with Crippen molar-refractivity contribution in [2.75, 3.05) is 26.7 Å². The van der Waals surface area contributed by atoms with Gasteiger partial charge in [0.1, 0.15) is 28.4 Å². The average molecular weight is 605 g/mol. The Hall–Kier alpha value is -3.34. The van der Waals surface area contributed by atoms with E-state index in [4.69, 9.17) is 4.74 Å². The minimum atomic E-state index is -4.11. The van der Waals surface area contributed by atoms with Crippen LogP contribution in [0.5, 0.6) is 5.75 Å². The van der Waals surface area contributed by atoms with Crippen LogP contribution >= 0.6 is 0 Å². The lowest BCUT2D eigenvalue weighted by Gasteiger charge is -2.37. The van der Waals surface area contributed by atoms with Crippen LogP contribution in [-0.2, 0) is 20.0 Å². The minimum absolute atomic E-state index is 0.0184. The van der Waals surface area contributed by atoms with Crippen molar-refractivity contribution in [3.05, 3.63) is 89.5 Å². The Morgan fingerprint density at radius 3 is 2.20 bits per heavy atom. The first-order valence-corrected chi connectivity index (χ1v) is 15.6. The number of hydrogen-bond acceptors (Lipinski definition) is 6. The molecule has 3 aromatic rings. The molecule has 1 aliphatic heterocycles. The Kier molecular flexibility index (Phi) is 9.16. The second kappa shape index (κ2) is 12.3. The number of aliphatic hydroxyl groups is 1. The fraction of sp³-hybridized carbons (Fsp3) is 0.310. The molecule has 12 heteroatoms. The van der Waals surface area contributed by atoms with Crippen LogP contribution in [-0.4, -0.2) is 69.4 Å². The summed E-state index contributed by atoms with van der Waals surface area (Å²) in [5.74, 6) is 4.32. The fourth-order valence-corrected chi connectivity index (χ4v) is 7.35. The zero-order chi connectivity index (χ0) is 29.9. The average Bonchev–Trinajstić information content (AvgIpc) is 2.94. The molecule has 0 radical (unpaired) electrons. The normalized spacial score (nSPS) is 19.7. The van der Waals surface area contributed by atoms with Gasteiger partial charge in [-0.3, -0.25) is 0 Å². The molecule has 0 bridgehead atoms. The van der Waals surface area contributed by atoms with Crippen LogP contribution in [0.1, 0.15) is 25.0 Å². The van der Waals surface area contributed by atoms with Gasteiger partial charge in [-0.25, -0.2) is 25.6 Å². The van der Waals surface area contributed by atoms with Crippen molar-refractivity contribution >= 4 is 20.0 Å². The van der Waals surface area contributed by atoms with E-state index in [-0.39, 0.29) is 28.6 Å². The molecule has 8 nitrogen and oxygen atoms in total. The molecule has 0 spiro atoms. The summed E-state index contributed by atoms with van der Waals surface area (Å²) in [6.07, 6.45) is -0.807. The molecule has 1 N–H and O–H groups in total. The number of sulfonamides is 2. The number of fused-ring (bicyclic) bond motifs is 1. The van der Waals surface area contributed by atoms with Gasteiger partial charge >= 0.3 is 0 Å². The molecule has 1 aliphatic rings. The number of nitrogens with zero attached hydrogens (tertiary/aromatic N) is 2. The summed E-state index contributed by atoms with van der Waals surface area (Å²) in [7, 11) is -6.77. The second-order valence-electron chi connectivity index (χ2n) is 9.90. The van der Waals surface area contributed by atoms with Gasteiger partial charge in [0.15, 0.2) is 0 Å². The molecule has 0 fully saturated rings. The predicted octanol–water partition coefficient (Wildman–Crippen LogP) is 3.45. The van der Waals surface area contributed by atoms with Gasteiger partial charge in [-0.1, -0.05) is 18.8 Å². The molecule has 3 atom stereocenters. The Labute approximate surface area is 239 Å². The van der Waals surface area contributed by atoms with E-state index in [2.05, 4.69) is 11.8 Å². The maximum Gasteiger partial charge on any atom is 0.247 e. The lowest BCUT2D eigenvalue weighted by molar-refractivity contribution is 0.0904. The first-order chi connectivity index (χ1) is 19.3. The highest BCUT2D eigenvalue weighted by Gasteiger charge is 2.39. The van der Waals surface area contributed by atoms with E-state index in [0.29, 0.717) is 11.1 Å². The van der Waals surface area contributed by atoms with Gasteiger partial charge in [0, 0.05) is 36.7 Å². The maximum atomic E-state index is 13.7. The first-order valence-electron chi connectivity index (χ1n) is 12.8. The van der Waals surface area contributed by atoms with Gasteiger partial charge in [0.2, 0.25) is 20.0 Å². The molecular formula is C29H30F2N2O6S2. The Morgan fingerprint density at radius 2 is 1.59 bits per heavy atom. The lowest BCUT2D eigenvalue weighted by atomic mass is 10.0. The van der Waals surface area contributed by atoms with Gasteiger partial charge < -0.3 is 9.84 Å². The van der Waals surface area contributed by atoms with E-state index in [1.807, 2.05) is 0 Å². The third-order valence-corrected chi connectivity index (χ3v) is 10.7. The van der Waals surface area contributed by atoms with Crippen LogP contribution in [0.2, 0.25) is 0 Å². The number of rotatable bonds is 6. The highest BCUT2D eigenvalue weighted by atomic mass is 32.2. The molecule has 0 saturated carbocycles. The van der Waals surface area contributed by atoms with E-state index < -0.39 is 56.4 Å². The van der Waals surface area contributed by atoms with Crippen LogP contribution in [0.3, 0.4) is 0 Å². The monoisotopic (exact) mass is 604 g/mol. The van der Waals surface area contributed by atoms with Crippen LogP contribution in [0.25, 0.3) is 0 Å². The van der Waals surface area contributed by atoms with Gasteiger partial charge in [0.05, 0.1) is 18.0 Å². The number of aliphatic hydroxyl groups excluding tert-OH is 1. The summed E-state index contributed by atoms with van der Waals surface area (Å²) in [6.45, 7) is 2.71. The van der Waals surface area contributed by atoms with E-state index in [9.17, 15) is 30.7 Å². The molecule has 0 unspecified atom stereocenters. The van der Waals surface area contributed by atoms with E-state index in [0.717, 1.165) is 16.4 Å². The number of likely N-dealkylation sites (N-methyl/N-ethyl adjacent to an activating group) is 1. The molecule has 0 saturated heterocycles. The molecule has 3 aromatic carbocycles. The van der Waals surface area contributed by atoms with E-state index in [1.54, 1.807) is 13.8 Å². The smallest absolute Gasteiger partial charge is 0.247 e. The number of ether oxygens (including phenoxy) is 1. The van der Waals surface area contributed by atoms with Crippen LogP contribution < -0.4 is 4.74 Å². The van der Waals surface area contributed by atoms with Gasteiger partial charge in [-0.15, -0.1) is 0 Å². The highest BCUT2D eigenvalue weighted by Crippen LogP contribution is 2.34. The number of hydrogen-bond donors (Lipinski definition) is 1. The van der Waals surface area contributed by atoms with Crippen LogP contribution in [0.4, 0.5) is 8.78 Å². The molecular weight excluding hydrogens is 574 g/mol. The Bertz CT molecular complexity index is 1670. The quantitative estimate of drug-likeness (QED) is 0.433. The van der Waals surface area contributed by atoms with Gasteiger partial charge in [0.25, 0.3) is 0 Å². The van der Waals surface area contributed by atoms with Gasteiger partial charge in [-0.05, 0) is 73.7 Å². The summed E-state index contributed by atoms with van der Waals surface area (Å²) >= 11 is 0. The fourth-order valence-electron chi connectivity index (χ4n) is 4.34. The van der Waals surface area contributed by atoms with Crippen molar-refractivity contribution in [3.63, 3.8) is 0 Å². The summed E-state index contributed by atoms with van der Waals surface area (Å²) in [4.78, 5) is -0.247. The third-order valence-electron chi connectivity index (χ3n) is 6.82. The van der Waals surface area contributed by atoms with Crippen LogP contribution in [0, 0.1) is 29.4 Å². The summed E-state index contributed by atoms with van der Waals surface area (Å²) in [5, 5.41) is 9.83. The molecule has 41 heavy (non-hydrogen) atoms. The molecule has 4 rings (SSSR count). The lowest BCUT2D eigenvalue weighted by Crippen LogP contribution is -2.50. The highest BCUT2D eigenvalue weighted by molar-refractivity contribution is 7.89. The zero-order valence-corrected chi connectivity index (χ0v) is 24.3. The van der Waals surface area contributed by atoms with Crippen molar-refractivity contribution in [2.24, 2.45) is 5.92 Å². The van der Waals surface area contributed by atoms with Crippen molar-refractivity contribution in [2.45, 2.75) is 35.8 Å². The SMILES string of the molecule is C[C@H]1CN([C@@H](C)CO)S(=O)(=O)c2ccc(C#Cc3ccc(F)cc3)cc2O[C@H]1CN(C)S(=O)(=O)c1ccc(F)cc1. The van der Waals surface area contributed by atoms with Crippen molar-refractivity contribution in [3.8, 4) is 17.6 Å². The topological polar surface area (TPSA) is 104 Å². The largest absolute Gasteiger partial charge is 0.487 e. The van der Waals surface area contributed by atoms with E-state index in [1.165, 1.54) is 66.0 Å². The summed E-state index contributed by atoms with van der Waals surface area (Å²) in [6, 6.07) is 13.6. The van der Waals surface area contributed by atoms with Gasteiger partial charge in [-0.2, -0.15) is 8.61 Å². The number of benzene rings is 3. The molecule has 218 valence electrons.